The fourth-order valence-electron chi connectivity index (χ4n) is 5.30. The molecule has 6 rings (SSSR count). The van der Waals surface area contributed by atoms with Gasteiger partial charge in [0.1, 0.15) is 5.75 Å². The zero-order valence-electron chi connectivity index (χ0n) is 18.2. The average molecular weight is 510 g/mol. The topological polar surface area (TPSA) is 107 Å². The van der Waals surface area contributed by atoms with Crippen molar-refractivity contribution in [2.75, 3.05) is 6.61 Å². The number of nitrogens with zero attached hydrogens (tertiary/aromatic N) is 2. The first kappa shape index (κ1) is 23.5. The second-order valence-corrected chi connectivity index (χ2v) is 9.84. The van der Waals surface area contributed by atoms with Gasteiger partial charge >= 0.3 is 6.18 Å². The third kappa shape index (κ3) is 4.56. The Morgan fingerprint density at radius 1 is 1.20 bits per heavy atom. The van der Waals surface area contributed by atoms with Gasteiger partial charge in [-0.15, -0.1) is 0 Å². The molecule has 1 aromatic heterocycles. The molecule has 1 atom stereocenters. The maximum atomic E-state index is 12.8. The van der Waals surface area contributed by atoms with Crippen molar-refractivity contribution in [2.24, 2.45) is 5.41 Å². The highest BCUT2D eigenvalue weighted by Gasteiger charge is 2.68. The van der Waals surface area contributed by atoms with Crippen LogP contribution in [-0.2, 0) is 15.8 Å². The zero-order valence-corrected chi connectivity index (χ0v) is 18.9. The normalized spacial score (nSPS) is 26.5. The zero-order chi connectivity index (χ0) is 25.0. The molecule has 35 heavy (non-hydrogen) atoms. The Hall–Kier alpha value is -3.21. The molecule has 4 aliphatic rings. The number of carbonyl (C=O) groups is 3. The van der Waals surface area contributed by atoms with E-state index >= 15 is 0 Å². The van der Waals surface area contributed by atoms with E-state index in [9.17, 15) is 27.6 Å². The first-order valence-electron chi connectivity index (χ1n) is 10.8. The van der Waals surface area contributed by atoms with Gasteiger partial charge in [-0.25, -0.2) is 9.97 Å². The molecule has 2 aromatic rings. The van der Waals surface area contributed by atoms with E-state index in [1.54, 1.807) is 12.1 Å². The lowest BCUT2D eigenvalue weighted by atomic mass is 9.38. The van der Waals surface area contributed by atoms with Crippen LogP contribution >= 0.6 is 11.6 Å². The molecule has 2 bridgehead atoms. The van der Waals surface area contributed by atoms with Gasteiger partial charge in [0.2, 0.25) is 5.82 Å². The first-order chi connectivity index (χ1) is 16.5. The molecule has 184 valence electrons. The van der Waals surface area contributed by atoms with Crippen LogP contribution in [0.3, 0.4) is 0 Å². The predicted molar refractivity (Wildman–Crippen MR) is 114 cm³/mol. The average Bonchev–Trinajstić information content (AvgIpc) is 2.75. The number of hydrogen-bond acceptors (Lipinski definition) is 7. The van der Waals surface area contributed by atoms with Gasteiger partial charge in [0, 0.05) is 17.0 Å². The van der Waals surface area contributed by atoms with E-state index in [-0.39, 0.29) is 35.6 Å². The summed E-state index contributed by atoms with van der Waals surface area (Å²) in [5.74, 6) is -1.76. The molecule has 8 nitrogen and oxygen atoms in total. The number of aromatic nitrogens is 2. The van der Waals surface area contributed by atoms with E-state index in [2.05, 4.69) is 15.3 Å². The molecule has 0 saturated heterocycles. The number of ketones is 2. The Balaban J connectivity index is 1.08. The van der Waals surface area contributed by atoms with Gasteiger partial charge in [0.25, 0.3) is 5.91 Å². The van der Waals surface area contributed by atoms with E-state index in [0.29, 0.717) is 35.6 Å². The molecule has 2 heterocycles. The summed E-state index contributed by atoms with van der Waals surface area (Å²) in [6, 6.07) is 4.71. The number of alkyl halides is 3. The lowest BCUT2D eigenvalue weighted by molar-refractivity contribution is -0.175. The summed E-state index contributed by atoms with van der Waals surface area (Å²) >= 11 is 5.92. The smallest absolute Gasteiger partial charge is 0.451 e. The van der Waals surface area contributed by atoms with Gasteiger partial charge < -0.3 is 14.8 Å². The second-order valence-electron chi connectivity index (χ2n) is 9.41. The van der Waals surface area contributed by atoms with Gasteiger partial charge in [0.05, 0.1) is 24.4 Å². The van der Waals surface area contributed by atoms with Crippen LogP contribution in [0.2, 0.25) is 5.02 Å². The summed E-state index contributed by atoms with van der Waals surface area (Å²) in [4.78, 5) is 43.8. The van der Waals surface area contributed by atoms with Crippen LogP contribution < -0.4 is 14.8 Å². The van der Waals surface area contributed by atoms with Crippen LogP contribution in [0.4, 0.5) is 13.2 Å². The number of rotatable bonds is 7. The SMILES string of the molecule is O=C(COc1cnc(C(F)(F)F)nc1)NC12CC(CC(=O)[C@H]3CC(=O)c4cc(Cl)ccc4O3)(C1)C2. The van der Waals surface area contributed by atoms with Crippen molar-refractivity contribution < 1.29 is 37.0 Å². The minimum atomic E-state index is -4.66. The highest BCUT2D eigenvalue weighted by Crippen LogP contribution is 2.69. The standard InChI is InChI=1S/C23H19ClF3N3O5/c24-12-1-2-17-14(3-12)15(31)4-18(35-17)16(32)5-21-9-22(10-21,11-21)30-19(33)8-34-13-6-28-20(29-7-13)23(25,26)27/h1-3,6-7,18H,4-5,8-11H2,(H,30,33)/t18-,21?,22?/m1/s1. The fourth-order valence-corrected chi connectivity index (χ4v) is 5.47. The summed E-state index contributed by atoms with van der Waals surface area (Å²) < 4.78 is 48.4. The number of hydrogen-bond donors (Lipinski definition) is 1. The fraction of sp³-hybridized carbons (Fsp3) is 0.435. The number of Topliss-reactive ketones (excluding diaryl/α,β-unsaturated/α-hetero) is 2. The van der Waals surface area contributed by atoms with Gasteiger partial charge in [-0.3, -0.25) is 14.4 Å². The first-order valence-corrected chi connectivity index (χ1v) is 11.2. The van der Waals surface area contributed by atoms with Crippen molar-refractivity contribution in [3.63, 3.8) is 0 Å². The van der Waals surface area contributed by atoms with E-state index in [0.717, 1.165) is 12.4 Å². The van der Waals surface area contributed by atoms with Crippen molar-refractivity contribution in [3.05, 3.63) is 47.0 Å². The van der Waals surface area contributed by atoms with Gasteiger partial charge in [0.15, 0.2) is 30.0 Å². The number of fused-ring (bicyclic) bond motifs is 1. The quantitative estimate of drug-likeness (QED) is 0.608. The molecule has 1 N–H and O–H groups in total. The largest absolute Gasteiger partial charge is 0.481 e. The van der Waals surface area contributed by atoms with E-state index in [1.807, 2.05) is 0 Å². The second kappa shape index (κ2) is 8.18. The molecule has 0 spiro atoms. The summed E-state index contributed by atoms with van der Waals surface area (Å²) in [6.45, 7) is -0.399. The van der Waals surface area contributed by atoms with Crippen molar-refractivity contribution in [1.82, 2.24) is 15.3 Å². The molecular formula is C23H19ClF3N3O5. The highest BCUT2D eigenvalue weighted by atomic mass is 35.5. The van der Waals surface area contributed by atoms with E-state index in [1.165, 1.54) is 6.07 Å². The molecule has 1 aromatic carbocycles. The van der Waals surface area contributed by atoms with Crippen molar-refractivity contribution >= 4 is 29.1 Å². The summed E-state index contributed by atoms with van der Waals surface area (Å²) in [5, 5.41) is 3.29. The predicted octanol–water partition coefficient (Wildman–Crippen LogP) is 3.56. The molecule has 12 heteroatoms. The van der Waals surface area contributed by atoms with Crippen molar-refractivity contribution in [2.45, 2.75) is 49.9 Å². The number of benzene rings is 1. The minimum Gasteiger partial charge on any atom is -0.481 e. The minimum absolute atomic E-state index is 0.0326. The number of halogens is 4. The Morgan fingerprint density at radius 2 is 1.89 bits per heavy atom. The Bertz CT molecular complexity index is 1200. The molecule has 3 saturated carbocycles. The molecule has 3 fully saturated rings. The summed E-state index contributed by atoms with van der Waals surface area (Å²) in [6.07, 6.45) is -1.70. The third-order valence-corrected chi connectivity index (χ3v) is 6.82. The van der Waals surface area contributed by atoms with Crippen LogP contribution in [-0.4, -0.2) is 45.7 Å². The van der Waals surface area contributed by atoms with Crippen LogP contribution in [0.15, 0.2) is 30.6 Å². The van der Waals surface area contributed by atoms with Crippen LogP contribution in [0.1, 0.15) is 48.3 Å². The summed E-state index contributed by atoms with van der Waals surface area (Å²) in [5.41, 5.74) is -0.262. The maximum Gasteiger partial charge on any atom is 0.451 e. The Kier molecular flexibility index (Phi) is 5.50. The van der Waals surface area contributed by atoms with Gasteiger partial charge in [-0.1, -0.05) is 11.6 Å². The van der Waals surface area contributed by atoms with Gasteiger partial charge in [-0.05, 0) is 42.9 Å². The highest BCUT2D eigenvalue weighted by molar-refractivity contribution is 6.31. The Labute approximate surface area is 202 Å². The van der Waals surface area contributed by atoms with Crippen LogP contribution in [0.5, 0.6) is 11.5 Å². The monoisotopic (exact) mass is 509 g/mol. The molecule has 0 radical (unpaired) electrons. The van der Waals surface area contributed by atoms with Crippen molar-refractivity contribution in [1.29, 1.82) is 0 Å². The summed E-state index contributed by atoms with van der Waals surface area (Å²) in [7, 11) is 0. The van der Waals surface area contributed by atoms with Crippen LogP contribution in [0, 0.1) is 5.41 Å². The number of ether oxygens (including phenoxy) is 2. The molecule has 0 unspecified atom stereocenters. The lowest BCUT2D eigenvalue weighted by Gasteiger charge is -2.70. The molecular weight excluding hydrogens is 491 g/mol. The Morgan fingerprint density at radius 3 is 2.54 bits per heavy atom. The van der Waals surface area contributed by atoms with E-state index in [4.69, 9.17) is 21.1 Å². The van der Waals surface area contributed by atoms with Crippen molar-refractivity contribution in [3.8, 4) is 11.5 Å². The molecule has 1 aliphatic heterocycles. The number of amides is 1. The number of carbonyl (C=O) groups excluding carboxylic acids is 3. The number of nitrogens with one attached hydrogen (secondary N) is 1. The van der Waals surface area contributed by atoms with Crippen LogP contribution in [0.25, 0.3) is 0 Å². The maximum absolute atomic E-state index is 12.8. The molecule has 3 aliphatic carbocycles. The lowest BCUT2D eigenvalue weighted by Crippen LogP contribution is -2.75. The van der Waals surface area contributed by atoms with Gasteiger partial charge in [-0.2, -0.15) is 13.2 Å². The third-order valence-electron chi connectivity index (χ3n) is 6.59. The molecule has 1 amide bonds. The van der Waals surface area contributed by atoms with E-state index < -0.39 is 36.2 Å².